The highest BCUT2D eigenvalue weighted by atomic mass is 16.3. The predicted molar refractivity (Wildman–Crippen MR) is 104 cm³/mol. The van der Waals surface area contributed by atoms with Gasteiger partial charge in [0, 0.05) is 5.92 Å². The Kier molecular flexibility index (Phi) is 4.64. The van der Waals surface area contributed by atoms with Crippen LogP contribution in [0.2, 0.25) is 0 Å². The molecule has 0 aliphatic carbocycles. The van der Waals surface area contributed by atoms with Crippen molar-refractivity contribution >= 4 is 0 Å². The summed E-state index contributed by atoms with van der Waals surface area (Å²) in [6.07, 6.45) is 0. The van der Waals surface area contributed by atoms with E-state index in [1.165, 1.54) is 0 Å². The highest BCUT2D eigenvalue weighted by Crippen LogP contribution is 2.38. The molecule has 3 heteroatoms. The van der Waals surface area contributed by atoms with Crippen LogP contribution >= 0.6 is 0 Å². The summed E-state index contributed by atoms with van der Waals surface area (Å²) in [6.45, 7) is 7.55. The van der Waals surface area contributed by atoms with Crippen LogP contribution in [-0.2, 0) is 0 Å². The second-order valence-corrected chi connectivity index (χ2v) is 7.03. The first-order valence-corrected chi connectivity index (χ1v) is 8.67. The van der Waals surface area contributed by atoms with E-state index in [-0.39, 0.29) is 17.4 Å². The Labute approximate surface area is 154 Å². The smallest absolute Gasteiger partial charge is 0.121 e. The van der Waals surface area contributed by atoms with E-state index in [1.54, 1.807) is 12.1 Å². The fourth-order valence-corrected chi connectivity index (χ4v) is 3.45. The van der Waals surface area contributed by atoms with E-state index >= 15 is 0 Å². The standard InChI is InChI=1S/C23H24O3/c1-13-9-17(5-7-20(13)24)22(18-6-8-21(25)14(2)10-18)19-11-15(3)23(26)16(4)12-19/h5-12,22,24-26H,1-4H3. The van der Waals surface area contributed by atoms with Gasteiger partial charge in [-0.15, -0.1) is 0 Å². The lowest BCUT2D eigenvalue weighted by Gasteiger charge is -2.22. The zero-order valence-electron chi connectivity index (χ0n) is 15.5. The first-order valence-electron chi connectivity index (χ1n) is 8.67. The van der Waals surface area contributed by atoms with Gasteiger partial charge in [0.25, 0.3) is 0 Å². The van der Waals surface area contributed by atoms with E-state index in [9.17, 15) is 15.3 Å². The van der Waals surface area contributed by atoms with Gasteiger partial charge < -0.3 is 15.3 Å². The molecule has 0 unspecified atom stereocenters. The summed E-state index contributed by atoms with van der Waals surface area (Å²) in [5.41, 5.74) is 6.45. The summed E-state index contributed by atoms with van der Waals surface area (Å²) < 4.78 is 0. The van der Waals surface area contributed by atoms with Crippen LogP contribution in [0.1, 0.15) is 44.9 Å². The van der Waals surface area contributed by atoms with Gasteiger partial charge in [-0.05, 0) is 78.8 Å². The second kappa shape index (κ2) is 6.75. The Hall–Kier alpha value is -2.94. The summed E-state index contributed by atoms with van der Waals surface area (Å²) >= 11 is 0. The third-order valence-corrected chi connectivity index (χ3v) is 4.96. The van der Waals surface area contributed by atoms with Gasteiger partial charge in [-0.25, -0.2) is 0 Å². The molecule has 26 heavy (non-hydrogen) atoms. The molecular weight excluding hydrogens is 324 g/mol. The molecule has 3 rings (SSSR count). The summed E-state index contributed by atoms with van der Waals surface area (Å²) in [7, 11) is 0. The van der Waals surface area contributed by atoms with Crippen molar-refractivity contribution in [2.75, 3.05) is 0 Å². The predicted octanol–water partition coefficient (Wildman–Crippen LogP) is 5.22. The Morgan fingerprint density at radius 2 is 0.923 bits per heavy atom. The maximum absolute atomic E-state index is 10.1. The Balaban J connectivity index is 2.24. The van der Waals surface area contributed by atoms with Crippen molar-refractivity contribution in [3.8, 4) is 17.2 Å². The summed E-state index contributed by atoms with van der Waals surface area (Å²) in [5.74, 6) is 0.794. The van der Waals surface area contributed by atoms with Crippen LogP contribution in [0.3, 0.4) is 0 Å². The lowest BCUT2D eigenvalue weighted by molar-refractivity contribution is 0.466. The van der Waals surface area contributed by atoms with Crippen molar-refractivity contribution in [1.82, 2.24) is 0 Å². The van der Waals surface area contributed by atoms with Crippen LogP contribution in [0.25, 0.3) is 0 Å². The van der Waals surface area contributed by atoms with Gasteiger partial charge in [0.2, 0.25) is 0 Å². The first kappa shape index (κ1) is 17.9. The SMILES string of the molecule is Cc1cc(C(c2ccc(O)c(C)c2)c2cc(C)c(O)c(C)c2)ccc1O. The van der Waals surface area contributed by atoms with Crippen molar-refractivity contribution in [1.29, 1.82) is 0 Å². The molecule has 3 aromatic carbocycles. The Bertz CT molecular complexity index is 899. The molecule has 3 N–H and O–H groups in total. The minimum absolute atomic E-state index is 0.0633. The zero-order chi connectivity index (χ0) is 19.0. The number of hydrogen-bond donors (Lipinski definition) is 3. The average molecular weight is 348 g/mol. The van der Waals surface area contributed by atoms with Crippen LogP contribution in [0.15, 0.2) is 48.5 Å². The highest BCUT2D eigenvalue weighted by Gasteiger charge is 2.20. The maximum Gasteiger partial charge on any atom is 0.121 e. The monoisotopic (exact) mass is 348 g/mol. The molecular formula is C23H24O3. The number of rotatable bonds is 3. The highest BCUT2D eigenvalue weighted by molar-refractivity contribution is 5.52. The number of benzene rings is 3. The van der Waals surface area contributed by atoms with Crippen LogP contribution in [0.5, 0.6) is 17.2 Å². The van der Waals surface area contributed by atoms with Crippen molar-refractivity contribution in [2.24, 2.45) is 0 Å². The fraction of sp³-hybridized carbons (Fsp3) is 0.217. The summed E-state index contributed by atoms with van der Waals surface area (Å²) in [6, 6.07) is 15.2. The number of phenolic OH excluding ortho intramolecular Hbond substituents is 3. The molecule has 0 aromatic heterocycles. The van der Waals surface area contributed by atoms with E-state index in [2.05, 4.69) is 0 Å². The molecule has 0 fully saturated rings. The average Bonchev–Trinajstić information content (AvgIpc) is 2.59. The Morgan fingerprint density at radius 3 is 1.31 bits per heavy atom. The molecule has 0 atom stereocenters. The van der Waals surface area contributed by atoms with E-state index in [0.29, 0.717) is 5.75 Å². The molecule has 134 valence electrons. The molecule has 0 bridgehead atoms. The molecule has 0 aliphatic rings. The minimum Gasteiger partial charge on any atom is -0.508 e. The van der Waals surface area contributed by atoms with Gasteiger partial charge in [0.05, 0.1) is 0 Å². The van der Waals surface area contributed by atoms with Crippen LogP contribution in [0, 0.1) is 27.7 Å². The molecule has 0 saturated heterocycles. The second-order valence-electron chi connectivity index (χ2n) is 7.03. The lowest BCUT2D eigenvalue weighted by Crippen LogP contribution is -2.05. The Morgan fingerprint density at radius 1 is 0.538 bits per heavy atom. The van der Waals surface area contributed by atoms with E-state index in [0.717, 1.165) is 38.9 Å². The van der Waals surface area contributed by atoms with Gasteiger partial charge in [0.15, 0.2) is 0 Å². The third kappa shape index (κ3) is 3.25. The van der Waals surface area contributed by atoms with E-state index in [4.69, 9.17) is 0 Å². The number of hydrogen-bond acceptors (Lipinski definition) is 3. The summed E-state index contributed by atoms with van der Waals surface area (Å²) in [4.78, 5) is 0. The maximum atomic E-state index is 10.1. The molecule has 0 aliphatic heterocycles. The topological polar surface area (TPSA) is 60.7 Å². The molecule has 0 heterocycles. The van der Waals surface area contributed by atoms with Gasteiger partial charge in [0.1, 0.15) is 17.2 Å². The molecule has 0 saturated carbocycles. The zero-order valence-corrected chi connectivity index (χ0v) is 15.5. The van der Waals surface area contributed by atoms with Crippen molar-refractivity contribution < 1.29 is 15.3 Å². The summed E-state index contributed by atoms with van der Waals surface area (Å²) in [5, 5.41) is 30.0. The van der Waals surface area contributed by atoms with Crippen LogP contribution in [0.4, 0.5) is 0 Å². The minimum atomic E-state index is -0.0633. The largest absolute Gasteiger partial charge is 0.508 e. The number of phenols is 3. The molecule has 0 amide bonds. The lowest BCUT2D eigenvalue weighted by atomic mass is 9.82. The van der Waals surface area contributed by atoms with E-state index < -0.39 is 0 Å². The number of aryl methyl sites for hydroxylation is 4. The number of aromatic hydroxyl groups is 3. The third-order valence-electron chi connectivity index (χ3n) is 4.96. The molecule has 3 nitrogen and oxygen atoms in total. The van der Waals surface area contributed by atoms with Gasteiger partial charge >= 0.3 is 0 Å². The normalized spacial score (nSPS) is 11.1. The van der Waals surface area contributed by atoms with Gasteiger partial charge in [-0.2, -0.15) is 0 Å². The molecule has 0 spiro atoms. The van der Waals surface area contributed by atoms with E-state index in [1.807, 2.05) is 64.1 Å². The quantitative estimate of drug-likeness (QED) is 0.569. The van der Waals surface area contributed by atoms with Gasteiger partial charge in [-0.3, -0.25) is 0 Å². The van der Waals surface area contributed by atoms with Crippen molar-refractivity contribution in [3.63, 3.8) is 0 Å². The first-order chi connectivity index (χ1) is 12.3. The van der Waals surface area contributed by atoms with Crippen molar-refractivity contribution in [3.05, 3.63) is 87.5 Å². The van der Waals surface area contributed by atoms with Gasteiger partial charge in [-0.1, -0.05) is 36.4 Å². The molecule has 0 radical (unpaired) electrons. The van der Waals surface area contributed by atoms with Crippen molar-refractivity contribution in [2.45, 2.75) is 33.6 Å². The molecule has 3 aromatic rings. The van der Waals surface area contributed by atoms with Crippen LogP contribution in [-0.4, -0.2) is 15.3 Å². The van der Waals surface area contributed by atoms with Crippen LogP contribution < -0.4 is 0 Å². The fourth-order valence-electron chi connectivity index (χ4n) is 3.45.